The number of hydrogen-bond donors (Lipinski definition) is 1. The van der Waals surface area contributed by atoms with Crippen LogP contribution < -0.4 is 4.74 Å². The summed E-state index contributed by atoms with van der Waals surface area (Å²) in [6.07, 6.45) is 1.36. The normalized spacial score (nSPS) is 12.6. The van der Waals surface area contributed by atoms with Gasteiger partial charge < -0.3 is 9.84 Å². The van der Waals surface area contributed by atoms with Crippen LogP contribution in [-0.4, -0.2) is 27.0 Å². The second-order valence-corrected chi connectivity index (χ2v) is 4.51. The largest absolute Gasteiger partial charge is 0.495 e. The van der Waals surface area contributed by atoms with Gasteiger partial charge in [-0.1, -0.05) is 0 Å². The molecule has 0 saturated heterocycles. The van der Waals surface area contributed by atoms with Crippen LogP contribution in [-0.2, 0) is 13.0 Å². The third-order valence-corrected chi connectivity index (χ3v) is 3.55. The van der Waals surface area contributed by atoms with E-state index in [2.05, 4.69) is 10.1 Å². The van der Waals surface area contributed by atoms with Crippen molar-refractivity contribution in [3.63, 3.8) is 0 Å². The monoisotopic (exact) mass is 253 g/mol. The predicted octanol–water partition coefficient (Wildman–Crippen LogP) is 1.64. The zero-order valence-electron chi connectivity index (χ0n) is 9.83. The Bertz CT molecular complexity index is 481. The van der Waals surface area contributed by atoms with Crippen molar-refractivity contribution in [2.75, 3.05) is 7.11 Å². The Morgan fingerprint density at radius 2 is 2.41 bits per heavy atom. The molecule has 0 radical (unpaired) electrons. The first-order valence-corrected chi connectivity index (χ1v) is 6.30. The van der Waals surface area contributed by atoms with E-state index >= 15 is 0 Å². The van der Waals surface area contributed by atoms with E-state index in [9.17, 15) is 5.11 Å². The van der Waals surface area contributed by atoms with Gasteiger partial charge >= 0.3 is 0 Å². The van der Waals surface area contributed by atoms with E-state index in [0.29, 0.717) is 6.42 Å². The second-order valence-electron chi connectivity index (χ2n) is 3.57. The van der Waals surface area contributed by atoms with Gasteiger partial charge in [0.05, 0.1) is 18.1 Å². The van der Waals surface area contributed by atoms with Crippen LogP contribution in [0.2, 0.25) is 0 Å². The van der Waals surface area contributed by atoms with Crippen molar-refractivity contribution in [2.45, 2.75) is 26.0 Å². The first kappa shape index (κ1) is 12.1. The molecular weight excluding hydrogens is 238 g/mol. The minimum atomic E-state index is -0.598. The molecule has 0 aliphatic heterocycles. The standard InChI is InChI=1S/C11H15N3O2S/c1-3-14-10(12-7-13-14)6-8(15)11-9(16-2)4-5-17-11/h4-5,7-8,15H,3,6H2,1-2H3. The van der Waals surface area contributed by atoms with Crippen molar-refractivity contribution in [3.8, 4) is 5.75 Å². The lowest BCUT2D eigenvalue weighted by Gasteiger charge is -2.10. The molecule has 0 spiro atoms. The van der Waals surface area contributed by atoms with Gasteiger partial charge in [-0.25, -0.2) is 4.98 Å². The maximum atomic E-state index is 10.2. The molecule has 0 fully saturated rings. The molecule has 1 atom stereocenters. The molecule has 0 aliphatic carbocycles. The molecule has 2 rings (SSSR count). The third kappa shape index (κ3) is 2.48. The first-order chi connectivity index (χ1) is 8.26. The predicted molar refractivity (Wildman–Crippen MR) is 65.2 cm³/mol. The Morgan fingerprint density at radius 1 is 1.59 bits per heavy atom. The van der Waals surface area contributed by atoms with Crippen LogP contribution in [0.3, 0.4) is 0 Å². The molecule has 0 aromatic carbocycles. The average molecular weight is 253 g/mol. The summed E-state index contributed by atoms with van der Waals surface area (Å²) in [6.45, 7) is 2.75. The SMILES string of the molecule is CCn1ncnc1CC(O)c1sccc1OC. The first-order valence-electron chi connectivity index (χ1n) is 5.42. The Labute approximate surface area is 104 Å². The van der Waals surface area contributed by atoms with Crippen molar-refractivity contribution in [1.82, 2.24) is 14.8 Å². The topological polar surface area (TPSA) is 60.2 Å². The summed E-state index contributed by atoms with van der Waals surface area (Å²) in [7, 11) is 1.60. The quantitative estimate of drug-likeness (QED) is 0.880. The number of ether oxygens (including phenoxy) is 1. The lowest BCUT2D eigenvalue weighted by atomic mass is 10.2. The minimum Gasteiger partial charge on any atom is -0.495 e. The van der Waals surface area contributed by atoms with Gasteiger partial charge in [-0.15, -0.1) is 11.3 Å². The number of aliphatic hydroxyl groups excluding tert-OH is 1. The van der Waals surface area contributed by atoms with E-state index in [4.69, 9.17) is 4.74 Å². The van der Waals surface area contributed by atoms with Crippen molar-refractivity contribution < 1.29 is 9.84 Å². The number of aryl methyl sites for hydroxylation is 1. The van der Waals surface area contributed by atoms with Gasteiger partial charge in [0, 0.05) is 13.0 Å². The summed E-state index contributed by atoms with van der Waals surface area (Å²) in [5.74, 6) is 1.51. The van der Waals surface area contributed by atoms with Crippen LogP contribution in [0.25, 0.3) is 0 Å². The van der Waals surface area contributed by atoms with E-state index in [-0.39, 0.29) is 0 Å². The molecule has 17 heavy (non-hydrogen) atoms. The van der Waals surface area contributed by atoms with Gasteiger partial charge in [-0.05, 0) is 18.4 Å². The fourth-order valence-electron chi connectivity index (χ4n) is 1.70. The third-order valence-electron chi connectivity index (χ3n) is 2.55. The van der Waals surface area contributed by atoms with Crippen LogP contribution in [0.15, 0.2) is 17.8 Å². The molecule has 1 unspecified atom stereocenters. The summed E-state index contributed by atoms with van der Waals surface area (Å²) in [6, 6.07) is 1.85. The van der Waals surface area contributed by atoms with Gasteiger partial charge in [-0.3, -0.25) is 4.68 Å². The molecule has 2 heterocycles. The summed E-state index contributed by atoms with van der Waals surface area (Å²) in [5, 5.41) is 16.1. The highest BCUT2D eigenvalue weighted by Gasteiger charge is 2.17. The summed E-state index contributed by atoms with van der Waals surface area (Å²) in [5.41, 5.74) is 0. The molecule has 0 saturated carbocycles. The molecule has 6 heteroatoms. The second kappa shape index (κ2) is 5.29. The molecule has 2 aromatic heterocycles. The Kier molecular flexibility index (Phi) is 3.75. The summed E-state index contributed by atoms with van der Waals surface area (Å²) >= 11 is 1.49. The Morgan fingerprint density at radius 3 is 3.12 bits per heavy atom. The molecule has 92 valence electrons. The molecule has 0 aliphatic rings. The number of methoxy groups -OCH3 is 1. The van der Waals surface area contributed by atoms with E-state index in [0.717, 1.165) is 23.0 Å². The maximum absolute atomic E-state index is 10.2. The van der Waals surface area contributed by atoms with Crippen LogP contribution >= 0.6 is 11.3 Å². The van der Waals surface area contributed by atoms with Crippen LogP contribution in [0.1, 0.15) is 23.7 Å². The van der Waals surface area contributed by atoms with Gasteiger partial charge in [0.25, 0.3) is 0 Å². The van der Waals surface area contributed by atoms with Gasteiger partial charge in [0.1, 0.15) is 17.9 Å². The van der Waals surface area contributed by atoms with E-state index in [1.807, 2.05) is 18.4 Å². The highest BCUT2D eigenvalue weighted by Crippen LogP contribution is 2.32. The fourth-order valence-corrected chi connectivity index (χ4v) is 2.54. The van der Waals surface area contributed by atoms with Crippen LogP contribution in [0.5, 0.6) is 5.75 Å². The van der Waals surface area contributed by atoms with E-state index in [1.165, 1.54) is 17.7 Å². The highest BCUT2D eigenvalue weighted by atomic mass is 32.1. The number of aromatic nitrogens is 3. The summed E-state index contributed by atoms with van der Waals surface area (Å²) in [4.78, 5) is 4.98. The molecular formula is C11H15N3O2S. The smallest absolute Gasteiger partial charge is 0.138 e. The zero-order chi connectivity index (χ0) is 12.3. The number of hydrogen-bond acceptors (Lipinski definition) is 5. The molecule has 0 amide bonds. The number of aliphatic hydroxyl groups is 1. The highest BCUT2D eigenvalue weighted by molar-refractivity contribution is 7.10. The number of nitrogens with zero attached hydrogens (tertiary/aromatic N) is 3. The average Bonchev–Trinajstić information content (AvgIpc) is 2.96. The lowest BCUT2D eigenvalue weighted by Crippen LogP contribution is -2.09. The Hall–Kier alpha value is -1.40. The molecule has 5 nitrogen and oxygen atoms in total. The minimum absolute atomic E-state index is 0.449. The molecule has 2 aromatic rings. The van der Waals surface area contributed by atoms with Gasteiger partial charge in [0.2, 0.25) is 0 Å². The van der Waals surface area contributed by atoms with Crippen molar-refractivity contribution in [3.05, 3.63) is 28.5 Å². The fraction of sp³-hybridized carbons (Fsp3) is 0.455. The van der Waals surface area contributed by atoms with Crippen LogP contribution in [0, 0.1) is 0 Å². The number of rotatable bonds is 5. The number of thiophene rings is 1. The van der Waals surface area contributed by atoms with E-state index < -0.39 is 6.10 Å². The van der Waals surface area contributed by atoms with Crippen molar-refractivity contribution in [2.24, 2.45) is 0 Å². The maximum Gasteiger partial charge on any atom is 0.138 e. The zero-order valence-corrected chi connectivity index (χ0v) is 10.6. The van der Waals surface area contributed by atoms with Gasteiger partial charge in [-0.2, -0.15) is 5.10 Å². The van der Waals surface area contributed by atoms with Crippen LogP contribution in [0.4, 0.5) is 0 Å². The van der Waals surface area contributed by atoms with Gasteiger partial charge in [0.15, 0.2) is 0 Å². The Balaban J connectivity index is 2.14. The summed E-state index contributed by atoms with van der Waals surface area (Å²) < 4.78 is 6.97. The van der Waals surface area contributed by atoms with E-state index in [1.54, 1.807) is 11.8 Å². The molecule has 1 N–H and O–H groups in total. The van der Waals surface area contributed by atoms with Crippen molar-refractivity contribution >= 4 is 11.3 Å². The lowest BCUT2D eigenvalue weighted by molar-refractivity contribution is 0.174. The van der Waals surface area contributed by atoms with Crippen molar-refractivity contribution in [1.29, 1.82) is 0 Å². The molecule has 0 bridgehead atoms.